The molecule has 0 aliphatic carbocycles. The van der Waals surface area contributed by atoms with Gasteiger partial charge in [-0.05, 0) is 77.0 Å². The molecule has 0 unspecified atom stereocenters. The number of non-ortho nitro benzene ring substituents is 1. The fourth-order valence-corrected chi connectivity index (χ4v) is 4.52. The number of nitro groups is 1. The number of hydrogen-bond acceptors (Lipinski definition) is 7. The predicted octanol–water partition coefficient (Wildman–Crippen LogP) is 5.50. The van der Waals surface area contributed by atoms with Crippen LogP contribution in [0.15, 0.2) is 66.2 Å². The molecule has 0 aromatic heterocycles. The molecule has 4 rings (SSSR count). The number of nitrogens with one attached hydrogen (secondary N) is 1. The Morgan fingerprint density at radius 1 is 1.08 bits per heavy atom. The van der Waals surface area contributed by atoms with Crippen molar-refractivity contribution < 1.29 is 28.8 Å². The zero-order valence-electron chi connectivity index (χ0n) is 19.8. The van der Waals surface area contributed by atoms with Crippen LogP contribution in [-0.4, -0.2) is 29.4 Å². The highest BCUT2D eigenvalue weighted by atomic mass is 127. The van der Waals surface area contributed by atoms with E-state index in [0.717, 1.165) is 11.6 Å². The van der Waals surface area contributed by atoms with Gasteiger partial charge in [0.25, 0.3) is 17.5 Å². The Morgan fingerprint density at radius 2 is 1.82 bits per heavy atom. The number of nitrogens with zero attached hydrogens (tertiary/aromatic N) is 2. The van der Waals surface area contributed by atoms with Gasteiger partial charge in [0.1, 0.15) is 12.2 Å². The van der Waals surface area contributed by atoms with Crippen LogP contribution in [0.5, 0.6) is 11.5 Å². The van der Waals surface area contributed by atoms with Crippen molar-refractivity contribution in [1.29, 1.82) is 0 Å². The van der Waals surface area contributed by atoms with E-state index in [9.17, 15) is 24.5 Å². The lowest BCUT2D eigenvalue weighted by atomic mass is 10.1. The van der Waals surface area contributed by atoms with E-state index in [1.807, 2.05) is 19.1 Å². The number of amides is 4. The minimum Gasteiger partial charge on any atom is -0.490 e. The number of nitro benzene ring substituents is 1. The van der Waals surface area contributed by atoms with Gasteiger partial charge in [-0.25, -0.2) is 9.69 Å². The number of carbonyl (C=O) groups excluding carboxylic acids is 3. The Balaban J connectivity index is 1.66. The number of rotatable bonds is 8. The molecular weight excluding hydrogens is 629 g/mol. The number of barbiturate groups is 1. The fourth-order valence-electron chi connectivity index (χ4n) is 3.61. The second kappa shape index (κ2) is 11.6. The van der Waals surface area contributed by atoms with Crippen molar-refractivity contribution in [3.63, 3.8) is 0 Å². The molecule has 194 valence electrons. The van der Waals surface area contributed by atoms with Gasteiger partial charge in [0.05, 0.1) is 20.8 Å². The van der Waals surface area contributed by atoms with Crippen LogP contribution < -0.4 is 19.7 Å². The number of ether oxygens (including phenoxy) is 2. The van der Waals surface area contributed by atoms with E-state index in [1.165, 1.54) is 24.3 Å². The minimum absolute atomic E-state index is 0.0457. The number of hydrogen-bond donors (Lipinski definition) is 1. The Kier molecular flexibility index (Phi) is 8.27. The summed E-state index contributed by atoms with van der Waals surface area (Å²) in [5.74, 6) is -0.930. The van der Waals surface area contributed by atoms with Gasteiger partial charge < -0.3 is 9.47 Å². The summed E-state index contributed by atoms with van der Waals surface area (Å²) in [5.41, 5.74) is 0.660. The lowest BCUT2D eigenvalue weighted by molar-refractivity contribution is -0.384. The fraction of sp³-hybridized carbons (Fsp3) is 0.115. The first kappa shape index (κ1) is 27.1. The van der Waals surface area contributed by atoms with Gasteiger partial charge in [0.15, 0.2) is 11.5 Å². The second-order valence-electron chi connectivity index (χ2n) is 7.91. The number of benzene rings is 3. The molecule has 4 amide bonds. The SMILES string of the molecule is CCOc1cc(/C=C2\C(=O)NC(=O)N(c3cccc([N+](=O)[O-])c3)C2=O)cc(I)c1OCc1ccc(Cl)cc1. The van der Waals surface area contributed by atoms with Gasteiger partial charge in [0, 0.05) is 17.2 Å². The lowest BCUT2D eigenvalue weighted by Crippen LogP contribution is -2.54. The van der Waals surface area contributed by atoms with Crippen molar-refractivity contribution in [2.24, 2.45) is 0 Å². The van der Waals surface area contributed by atoms with E-state index >= 15 is 0 Å². The molecule has 12 heteroatoms. The zero-order chi connectivity index (χ0) is 27.4. The minimum atomic E-state index is -1.01. The zero-order valence-corrected chi connectivity index (χ0v) is 22.7. The summed E-state index contributed by atoms with van der Waals surface area (Å²) in [6, 6.07) is 14.5. The van der Waals surface area contributed by atoms with Crippen molar-refractivity contribution in [3.05, 3.63) is 96.1 Å². The van der Waals surface area contributed by atoms with Crippen LogP contribution in [0.3, 0.4) is 0 Å². The molecule has 1 fully saturated rings. The summed E-state index contributed by atoms with van der Waals surface area (Å²) >= 11 is 8.00. The van der Waals surface area contributed by atoms with Crippen molar-refractivity contribution in [2.45, 2.75) is 13.5 Å². The molecule has 1 saturated heterocycles. The Hall–Kier alpha value is -3.97. The summed E-state index contributed by atoms with van der Waals surface area (Å²) in [7, 11) is 0. The van der Waals surface area contributed by atoms with Crippen LogP contribution in [0.4, 0.5) is 16.2 Å². The summed E-state index contributed by atoms with van der Waals surface area (Å²) in [4.78, 5) is 49.5. The van der Waals surface area contributed by atoms with E-state index in [-0.39, 0.29) is 23.6 Å². The molecular formula is C26H19ClIN3O7. The molecule has 0 radical (unpaired) electrons. The first-order valence-electron chi connectivity index (χ1n) is 11.2. The average molecular weight is 648 g/mol. The van der Waals surface area contributed by atoms with Gasteiger partial charge in [-0.15, -0.1) is 0 Å². The van der Waals surface area contributed by atoms with E-state index in [1.54, 1.807) is 24.3 Å². The molecule has 0 saturated carbocycles. The smallest absolute Gasteiger partial charge is 0.335 e. The maximum absolute atomic E-state index is 13.2. The van der Waals surface area contributed by atoms with Crippen LogP contribution >= 0.6 is 34.2 Å². The monoisotopic (exact) mass is 647 g/mol. The number of carbonyl (C=O) groups is 3. The number of halogens is 2. The highest BCUT2D eigenvalue weighted by Gasteiger charge is 2.37. The Labute approximate surface area is 235 Å². The van der Waals surface area contributed by atoms with Crippen LogP contribution in [0.2, 0.25) is 5.02 Å². The maximum Gasteiger partial charge on any atom is 0.335 e. The molecule has 0 bridgehead atoms. The largest absolute Gasteiger partial charge is 0.490 e. The van der Waals surface area contributed by atoms with Crippen LogP contribution in [0.1, 0.15) is 18.1 Å². The van der Waals surface area contributed by atoms with Gasteiger partial charge in [-0.2, -0.15) is 0 Å². The quantitative estimate of drug-likeness (QED) is 0.113. The number of anilines is 1. The average Bonchev–Trinajstić information content (AvgIpc) is 2.87. The molecule has 1 aliphatic heterocycles. The molecule has 0 atom stereocenters. The molecule has 3 aromatic rings. The number of urea groups is 1. The van der Waals surface area contributed by atoms with E-state index in [4.69, 9.17) is 21.1 Å². The Morgan fingerprint density at radius 3 is 2.50 bits per heavy atom. The highest BCUT2D eigenvalue weighted by molar-refractivity contribution is 14.1. The summed E-state index contributed by atoms with van der Waals surface area (Å²) < 4.78 is 12.4. The van der Waals surface area contributed by atoms with Crippen molar-refractivity contribution in [1.82, 2.24) is 5.32 Å². The van der Waals surface area contributed by atoms with E-state index in [2.05, 4.69) is 27.9 Å². The third-order valence-electron chi connectivity index (χ3n) is 5.34. The molecule has 38 heavy (non-hydrogen) atoms. The van der Waals surface area contributed by atoms with Gasteiger partial charge >= 0.3 is 6.03 Å². The first-order chi connectivity index (χ1) is 18.2. The maximum atomic E-state index is 13.2. The highest BCUT2D eigenvalue weighted by Crippen LogP contribution is 2.36. The summed E-state index contributed by atoms with van der Waals surface area (Å²) in [6.07, 6.45) is 1.32. The van der Waals surface area contributed by atoms with Crippen molar-refractivity contribution >= 4 is 69.5 Å². The van der Waals surface area contributed by atoms with Crippen LogP contribution in [0.25, 0.3) is 6.08 Å². The standard InChI is InChI=1S/C26H19ClIN3O7/c1-2-37-22-12-16(11-21(28)23(22)38-14-15-6-8-17(27)9-7-15)10-20-24(32)29-26(34)30(25(20)33)18-4-3-5-19(13-18)31(35)36/h3-13H,2,14H2,1H3,(H,29,32,34)/b20-10+. The van der Waals surface area contributed by atoms with E-state index < -0.39 is 22.8 Å². The second-order valence-corrected chi connectivity index (χ2v) is 9.51. The summed E-state index contributed by atoms with van der Waals surface area (Å²) in [6.45, 7) is 2.40. The Bertz CT molecular complexity index is 1470. The van der Waals surface area contributed by atoms with Crippen molar-refractivity contribution in [2.75, 3.05) is 11.5 Å². The van der Waals surface area contributed by atoms with Gasteiger partial charge in [-0.1, -0.05) is 29.8 Å². The first-order valence-corrected chi connectivity index (χ1v) is 12.6. The summed E-state index contributed by atoms with van der Waals surface area (Å²) in [5, 5.41) is 13.9. The van der Waals surface area contributed by atoms with E-state index in [0.29, 0.717) is 37.2 Å². The van der Waals surface area contributed by atoms with Crippen LogP contribution in [0, 0.1) is 13.7 Å². The number of imide groups is 2. The molecule has 1 heterocycles. The lowest BCUT2D eigenvalue weighted by Gasteiger charge is -2.26. The third kappa shape index (κ3) is 5.94. The van der Waals surface area contributed by atoms with Gasteiger partial charge in [0.2, 0.25) is 0 Å². The molecule has 10 nitrogen and oxygen atoms in total. The molecule has 1 N–H and O–H groups in total. The third-order valence-corrected chi connectivity index (χ3v) is 6.39. The topological polar surface area (TPSA) is 128 Å². The van der Waals surface area contributed by atoms with Crippen LogP contribution in [-0.2, 0) is 16.2 Å². The molecule has 3 aromatic carbocycles. The molecule has 0 spiro atoms. The normalized spacial score (nSPS) is 14.4. The predicted molar refractivity (Wildman–Crippen MR) is 148 cm³/mol. The van der Waals surface area contributed by atoms with Crippen molar-refractivity contribution in [3.8, 4) is 11.5 Å². The molecule has 1 aliphatic rings. The van der Waals surface area contributed by atoms with Gasteiger partial charge in [-0.3, -0.25) is 25.0 Å².